The Morgan fingerprint density at radius 3 is 2.72 bits per heavy atom. The number of rotatable bonds is 5. The Morgan fingerprint density at radius 1 is 1.31 bits per heavy atom. The number of hydrogen-bond acceptors (Lipinski definition) is 6. The maximum Gasteiger partial charge on any atom is 0.274 e. The summed E-state index contributed by atoms with van der Waals surface area (Å²) in [5.41, 5.74) is 4.96. The van der Waals surface area contributed by atoms with Gasteiger partial charge in [-0.2, -0.15) is 5.10 Å². The first-order valence-electron chi connectivity index (χ1n) is 9.43. The van der Waals surface area contributed by atoms with Crippen molar-refractivity contribution in [1.82, 2.24) is 30.1 Å². The first-order chi connectivity index (χ1) is 14.0. The summed E-state index contributed by atoms with van der Waals surface area (Å²) in [6.45, 7) is 5.09. The molecule has 1 aliphatic heterocycles. The quantitative estimate of drug-likeness (QED) is 0.707. The normalized spacial score (nSPS) is 15.8. The lowest BCUT2D eigenvalue weighted by Crippen LogP contribution is -2.27. The van der Waals surface area contributed by atoms with Gasteiger partial charge in [-0.05, 0) is 31.5 Å². The molecule has 1 atom stereocenters. The van der Waals surface area contributed by atoms with Crippen LogP contribution in [0.3, 0.4) is 0 Å². The second-order valence-electron chi connectivity index (χ2n) is 7.10. The largest absolute Gasteiger partial charge is 0.497 e. The van der Waals surface area contributed by atoms with Gasteiger partial charge in [0.2, 0.25) is 0 Å². The van der Waals surface area contributed by atoms with Crippen LogP contribution in [0.25, 0.3) is 0 Å². The van der Waals surface area contributed by atoms with Crippen LogP contribution in [-0.2, 0) is 31.5 Å². The standard InChI is InChI=1S/C20H24N6O3/c1-12-16(13(2)25(3)23-12)9-21-20(27)19-17-11-29-18(10-26(17)24-22-19)14-5-7-15(28-4)8-6-14/h5-8,18H,9-11H2,1-4H3,(H,21,27)/t18-/m0/s1. The first-order valence-corrected chi connectivity index (χ1v) is 9.43. The van der Waals surface area contributed by atoms with E-state index in [9.17, 15) is 4.79 Å². The molecule has 1 amide bonds. The van der Waals surface area contributed by atoms with Crippen molar-refractivity contribution in [2.75, 3.05) is 7.11 Å². The predicted octanol–water partition coefficient (Wildman–Crippen LogP) is 1.84. The van der Waals surface area contributed by atoms with Gasteiger partial charge in [0.15, 0.2) is 5.69 Å². The Morgan fingerprint density at radius 2 is 2.07 bits per heavy atom. The number of ether oxygens (including phenoxy) is 2. The van der Waals surface area contributed by atoms with E-state index in [4.69, 9.17) is 9.47 Å². The highest BCUT2D eigenvalue weighted by Crippen LogP contribution is 2.28. The Bertz CT molecular complexity index is 1040. The zero-order valence-corrected chi connectivity index (χ0v) is 17.0. The third kappa shape index (κ3) is 3.61. The SMILES string of the molecule is COc1ccc([C@@H]2Cn3nnc(C(=O)NCc4c(C)nn(C)c4C)c3CO2)cc1. The number of nitrogens with zero attached hydrogens (tertiary/aromatic N) is 5. The molecule has 1 aliphatic rings. The van der Waals surface area contributed by atoms with Gasteiger partial charge >= 0.3 is 0 Å². The first kappa shape index (κ1) is 19.1. The molecular formula is C20H24N6O3. The average molecular weight is 396 g/mol. The predicted molar refractivity (Wildman–Crippen MR) is 104 cm³/mol. The lowest BCUT2D eigenvalue weighted by atomic mass is 10.1. The van der Waals surface area contributed by atoms with Crippen LogP contribution in [0.1, 0.15) is 44.8 Å². The third-order valence-corrected chi connectivity index (χ3v) is 5.38. The summed E-state index contributed by atoms with van der Waals surface area (Å²) in [5, 5.41) is 15.6. The molecule has 0 radical (unpaired) electrons. The van der Waals surface area contributed by atoms with E-state index in [1.54, 1.807) is 11.8 Å². The van der Waals surface area contributed by atoms with Gasteiger partial charge in [-0.25, -0.2) is 4.68 Å². The van der Waals surface area contributed by atoms with Crippen molar-refractivity contribution in [2.45, 2.75) is 39.6 Å². The van der Waals surface area contributed by atoms with Gasteiger partial charge in [-0.15, -0.1) is 5.10 Å². The van der Waals surface area contributed by atoms with Crippen molar-refractivity contribution in [3.8, 4) is 5.75 Å². The number of carbonyl (C=O) groups excluding carboxylic acids is 1. The summed E-state index contributed by atoms with van der Waals surface area (Å²) in [4.78, 5) is 12.7. The molecule has 29 heavy (non-hydrogen) atoms. The van der Waals surface area contributed by atoms with Gasteiger partial charge in [-0.1, -0.05) is 17.3 Å². The number of carbonyl (C=O) groups is 1. The summed E-state index contributed by atoms with van der Waals surface area (Å²) < 4.78 is 14.7. The molecule has 1 aromatic carbocycles. The van der Waals surface area contributed by atoms with E-state index in [2.05, 4.69) is 20.7 Å². The average Bonchev–Trinajstić information content (AvgIpc) is 3.26. The van der Waals surface area contributed by atoms with E-state index in [1.807, 2.05) is 49.8 Å². The lowest BCUT2D eigenvalue weighted by molar-refractivity contribution is -0.00179. The lowest BCUT2D eigenvalue weighted by Gasteiger charge is -2.24. The molecule has 0 unspecified atom stereocenters. The molecule has 0 spiro atoms. The summed E-state index contributed by atoms with van der Waals surface area (Å²) in [5.74, 6) is 0.532. The number of benzene rings is 1. The fraction of sp³-hybridized carbons (Fsp3) is 0.400. The van der Waals surface area contributed by atoms with Gasteiger partial charge in [0.1, 0.15) is 11.9 Å². The highest BCUT2D eigenvalue weighted by Gasteiger charge is 2.28. The van der Waals surface area contributed by atoms with Crippen LogP contribution in [0.4, 0.5) is 0 Å². The minimum Gasteiger partial charge on any atom is -0.497 e. The molecule has 2 aromatic heterocycles. The number of aryl methyl sites for hydroxylation is 2. The number of hydrogen-bond donors (Lipinski definition) is 1. The van der Waals surface area contributed by atoms with Crippen molar-refractivity contribution in [3.63, 3.8) is 0 Å². The van der Waals surface area contributed by atoms with Crippen molar-refractivity contribution in [3.05, 3.63) is 58.2 Å². The van der Waals surface area contributed by atoms with Gasteiger partial charge in [0.05, 0.1) is 31.6 Å². The van der Waals surface area contributed by atoms with Crippen molar-refractivity contribution in [1.29, 1.82) is 0 Å². The van der Waals surface area contributed by atoms with Crippen LogP contribution >= 0.6 is 0 Å². The van der Waals surface area contributed by atoms with Gasteiger partial charge in [0.25, 0.3) is 5.91 Å². The molecule has 0 aliphatic carbocycles. The highest BCUT2D eigenvalue weighted by atomic mass is 16.5. The molecule has 0 fully saturated rings. The molecular weight excluding hydrogens is 372 g/mol. The minimum atomic E-state index is -0.264. The fourth-order valence-corrected chi connectivity index (χ4v) is 3.53. The minimum absolute atomic E-state index is 0.147. The van der Waals surface area contributed by atoms with E-state index < -0.39 is 0 Å². The van der Waals surface area contributed by atoms with E-state index >= 15 is 0 Å². The number of nitrogens with one attached hydrogen (secondary N) is 1. The topological polar surface area (TPSA) is 96.1 Å². The van der Waals surface area contributed by atoms with Crippen LogP contribution < -0.4 is 10.1 Å². The summed E-state index contributed by atoms with van der Waals surface area (Å²) in [6.07, 6.45) is -0.147. The molecule has 0 saturated carbocycles. The van der Waals surface area contributed by atoms with Crippen molar-refractivity contribution >= 4 is 5.91 Å². The van der Waals surface area contributed by atoms with Gasteiger partial charge in [-0.3, -0.25) is 9.48 Å². The van der Waals surface area contributed by atoms with Crippen molar-refractivity contribution in [2.24, 2.45) is 7.05 Å². The van der Waals surface area contributed by atoms with Crippen molar-refractivity contribution < 1.29 is 14.3 Å². The Hall–Kier alpha value is -3.20. The number of aromatic nitrogens is 5. The zero-order chi connectivity index (χ0) is 20.5. The molecule has 9 heteroatoms. The van der Waals surface area contributed by atoms with Crippen LogP contribution in [0.15, 0.2) is 24.3 Å². The molecule has 4 rings (SSSR count). The maximum atomic E-state index is 12.7. The second kappa shape index (κ2) is 7.67. The molecule has 3 heterocycles. The Balaban J connectivity index is 1.45. The van der Waals surface area contributed by atoms with Gasteiger partial charge < -0.3 is 14.8 Å². The molecule has 9 nitrogen and oxygen atoms in total. The smallest absolute Gasteiger partial charge is 0.274 e. The number of fused-ring (bicyclic) bond motifs is 1. The molecule has 3 aromatic rings. The molecule has 0 bridgehead atoms. The Labute approximate surface area is 168 Å². The fourth-order valence-electron chi connectivity index (χ4n) is 3.53. The van der Waals surface area contributed by atoms with E-state index in [0.29, 0.717) is 24.5 Å². The molecule has 0 saturated heterocycles. The van der Waals surface area contributed by atoms with Crippen LogP contribution in [0.5, 0.6) is 5.75 Å². The van der Waals surface area contributed by atoms with Crippen LogP contribution in [0, 0.1) is 13.8 Å². The number of amides is 1. The summed E-state index contributed by atoms with van der Waals surface area (Å²) in [6, 6.07) is 7.74. The van der Waals surface area contributed by atoms with Gasteiger partial charge in [0, 0.05) is 24.8 Å². The van der Waals surface area contributed by atoms with Crippen LogP contribution in [0.2, 0.25) is 0 Å². The van der Waals surface area contributed by atoms with Crippen LogP contribution in [-0.4, -0.2) is 37.8 Å². The Kier molecular flexibility index (Phi) is 5.06. The highest BCUT2D eigenvalue weighted by molar-refractivity contribution is 5.93. The summed E-state index contributed by atoms with van der Waals surface area (Å²) in [7, 11) is 3.53. The number of methoxy groups -OCH3 is 1. The molecule has 1 N–H and O–H groups in total. The third-order valence-electron chi connectivity index (χ3n) is 5.38. The second-order valence-corrected chi connectivity index (χ2v) is 7.10. The maximum absolute atomic E-state index is 12.7. The summed E-state index contributed by atoms with van der Waals surface area (Å²) >= 11 is 0. The monoisotopic (exact) mass is 396 g/mol. The zero-order valence-electron chi connectivity index (χ0n) is 17.0. The van der Waals surface area contributed by atoms with E-state index in [-0.39, 0.29) is 18.6 Å². The molecule has 152 valence electrons. The van der Waals surface area contributed by atoms with E-state index in [1.165, 1.54) is 0 Å². The van der Waals surface area contributed by atoms with E-state index in [0.717, 1.165) is 28.3 Å².